The summed E-state index contributed by atoms with van der Waals surface area (Å²) in [6.45, 7) is 29.0. The van der Waals surface area contributed by atoms with Crippen LogP contribution in [0.4, 0.5) is 0 Å². The van der Waals surface area contributed by atoms with Crippen molar-refractivity contribution in [3.05, 3.63) is 46.5 Å². The van der Waals surface area contributed by atoms with Gasteiger partial charge in [-0.05, 0) is 59.8 Å². The van der Waals surface area contributed by atoms with E-state index in [0.717, 1.165) is 32.0 Å². The second-order valence-corrected chi connectivity index (χ2v) is 20.1. The number of hydrogen-bond acceptors (Lipinski definition) is 8. The van der Waals surface area contributed by atoms with Crippen molar-refractivity contribution in [2.75, 3.05) is 13.2 Å². The minimum absolute atomic E-state index is 0.212. The predicted molar refractivity (Wildman–Crippen MR) is 186 cm³/mol. The lowest BCUT2D eigenvalue weighted by molar-refractivity contribution is -0.0873. The zero-order valence-corrected chi connectivity index (χ0v) is 31.0. The van der Waals surface area contributed by atoms with Gasteiger partial charge < -0.3 is 30.3 Å². The van der Waals surface area contributed by atoms with Gasteiger partial charge in [-0.2, -0.15) is 0 Å². The first-order chi connectivity index (χ1) is 19.7. The van der Waals surface area contributed by atoms with Crippen molar-refractivity contribution in [3.63, 3.8) is 0 Å². The molecule has 0 unspecified atom stereocenters. The average Bonchev–Trinajstić information content (AvgIpc) is 2.84. The first-order valence-electron chi connectivity index (χ1n) is 15.4. The second-order valence-electron chi connectivity index (χ2n) is 16.4. The monoisotopic (exact) mass is 650 g/mol. The van der Waals surface area contributed by atoms with Crippen LogP contribution in [0.1, 0.15) is 119 Å². The summed E-state index contributed by atoms with van der Waals surface area (Å²) in [5.41, 5.74) is 2.83. The van der Waals surface area contributed by atoms with Crippen LogP contribution in [0.15, 0.2) is 34.1 Å². The number of rotatable bonds is 10. The molecule has 0 saturated carbocycles. The highest BCUT2D eigenvalue weighted by Gasteiger charge is 2.33. The fraction of sp³-hybridized carbons (Fsp3) is 0.667. The Hall–Kier alpha value is -1.42. The van der Waals surface area contributed by atoms with Crippen LogP contribution in [0.25, 0.3) is 0 Å². The van der Waals surface area contributed by atoms with E-state index < -0.39 is 24.9 Å². The van der Waals surface area contributed by atoms with Crippen molar-refractivity contribution < 1.29 is 30.3 Å². The number of thioether (sulfide) groups is 2. The molecule has 0 amide bonds. The van der Waals surface area contributed by atoms with Crippen molar-refractivity contribution in [1.29, 1.82) is 0 Å². The van der Waals surface area contributed by atoms with Gasteiger partial charge in [0.25, 0.3) is 0 Å². The Morgan fingerprint density at radius 3 is 1.25 bits per heavy atom. The molecule has 0 aliphatic carbocycles. The fourth-order valence-corrected chi connectivity index (χ4v) is 7.55. The van der Waals surface area contributed by atoms with Crippen LogP contribution in [-0.2, 0) is 21.7 Å². The van der Waals surface area contributed by atoms with Crippen molar-refractivity contribution in [2.45, 2.75) is 151 Å². The molecule has 44 heavy (non-hydrogen) atoms. The minimum atomic E-state index is -1.53. The van der Waals surface area contributed by atoms with E-state index in [9.17, 15) is 25.5 Å². The van der Waals surface area contributed by atoms with Gasteiger partial charge in [-0.25, -0.2) is 0 Å². The van der Waals surface area contributed by atoms with Crippen molar-refractivity contribution in [1.82, 2.24) is 0 Å². The third kappa shape index (κ3) is 10.0. The molecule has 0 bridgehead atoms. The second kappa shape index (κ2) is 13.7. The quantitative estimate of drug-likeness (QED) is 0.132. The van der Waals surface area contributed by atoms with Gasteiger partial charge in [-0.1, -0.05) is 83.1 Å². The van der Waals surface area contributed by atoms with Crippen molar-refractivity contribution in [2.24, 2.45) is 0 Å². The van der Waals surface area contributed by atoms with Gasteiger partial charge in [-0.3, -0.25) is 0 Å². The zero-order chi connectivity index (χ0) is 34.2. The van der Waals surface area contributed by atoms with E-state index in [-0.39, 0.29) is 32.3 Å². The van der Waals surface area contributed by atoms with E-state index in [1.165, 1.54) is 0 Å². The number of benzene rings is 2. The van der Waals surface area contributed by atoms with E-state index in [0.29, 0.717) is 11.5 Å². The number of phenols is 1. The number of aliphatic hydroxyl groups excluding tert-OH is 4. The fourth-order valence-electron chi connectivity index (χ4n) is 4.96. The molecule has 0 saturated heterocycles. The van der Waals surface area contributed by atoms with Gasteiger partial charge in [0.2, 0.25) is 0 Å². The van der Waals surface area contributed by atoms with E-state index >= 15 is 0 Å². The van der Waals surface area contributed by atoms with E-state index in [2.05, 4.69) is 121 Å². The number of hydrogen-bond donors (Lipinski definition) is 5. The summed E-state index contributed by atoms with van der Waals surface area (Å²) in [6, 6.07) is 8.56. The molecule has 3 atom stereocenters. The molecular weight excluding hydrogens is 593 g/mol. The average molecular weight is 651 g/mol. The maximum atomic E-state index is 11.2. The van der Waals surface area contributed by atoms with Gasteiger partial charge >= 0.3 is 0 Å². The largest absolute Gasteiger partial charge is 0.507 e. The standard InChI is InChI=1S/C36H58O6S2/c1-32(2,3)23-15-21(16-24(29(23)40)33(4,5)6)43-36(13,14)44-22-17-25(34(7,8)9)31(26(18-22)35(10,11)12)42-20-28(39)30(41)27(38)19-37/h15-18,27-28,30,37-41H,19-20H2,1-14H3/t27-,28-,30+/m1/s1. The molecule has 0 aliphatic heterocycles. The first-order valence-corrected chi connectivity index (χ1v) is 17.0. The van der Waals surface area contributed by atoms with Crippen LogP contribution in [0.2, 0.25) is 0 Å². The summed E-state index contributed by atoms with van der Waals surface area (Å²) in [5, 5.41) is 50.9. The van der Waals surface area contributed by atoms with Crippen molar-refractivity contribution in [3.8, 4) is 11.5 Å². The molecule has 6 nitrogen and oxygen atoms in total. The molecule has 2 aromatic rings. The molecule has 0 fully saturated rings. The molecular formula is C36H58O6S2. The number of aliphatic hydroxyl groups is 4. The van der Waals surface area contributed by atoms with Crippen LogP contribution < -0.4 is 4.74 Å². The molecule has 2 aromatic carbocycles. The highest BCUT2D eigenvalue weighted by molar-refractivity contribution is 8.18. The number of ether oxygens (including phenoxy) is 1. The molecule has 0 aromatic heterocycles. The summed E-state index contributed by atoms with van der Waals surface area (Å²) in [5.74, 6) is 1.04. The summed E-state index contributed by atoms with van der Waals surface area (Å²) < 4.78 is 5.97. The number of phenolic OH excluding ortho intramolecular Hbond substituents is 1. The summed E-state index contributed by atoms with van der Waals surface area (Å²) >= 11 is 3.55. The Bertz CT molecular complexity index is 1210. The third-order valence-corrected chi connectivity index (χ3v) is 9.91. The van der Waals surface area contributed by atoms with Crippen LogP contribution in [0.3, 0.4) is 0 Å². The lowest BCUT2D eigenvalue weighted by atomic mass is 9.79. The zero-order valence-electron chi connectivity index (χ0n) is 29.4. The molecule has 8 heteroatoms. The Morgan fingerprint density at radius 2 is 0.932 bits per heavy atom. The lowest BCUT2D eigenvalue weighted by Gasteiger charge is -2.33. The third-order valence-electron chi connectivity index (χ3n) is 7.48. The number of aromatic hydroxyl groups is 1. The van der Waals surface area contributed by atoms with Gasteiger partial charge in [0.05, 0.1) is 10.7 Å². The van der Waals surface area contributed by atoms with Gasteiger partial charge in [0.15, 0.2) is 0 Å². The van der Waals surface area contributed by atoms with Crippen molar-refractivity contribution >= 4 is 23.5 Å². The first kappa shape index (κ1) is 38.8. The topological polar surface area (TPSA) is 110 Å². The van der Waals surface area contributed by atoms with Crippen LogP contribution in [0.5, 0.6) is 11.5 Å². The van der Waals surface area contributed by atoms with Gasteiger partial charge in [0.1, 0.15) is 36.4 Å². The lowest BCUT2D eigenvalue weighted by Crippen LogP contribution is -2.42. The normalized spacial score (nSPS) is 15.7. The predicted octanol–water partition coefficient (Wildman–Crippen LogP) is 7.66. The molecule has 250 valence electrons. The van der Waals surface area contributed by atoms with E-state index in [4.69, 9.17) is 4.74 Å². The molecule has 2 rings (SSSR count). The van der Waals surface area contributed by atoms with Crippen LogP contribution in [0, 0.1) is 0 Å². The summed E-state index contributed by atoms with van der Waals surface area (Å²) in [6.07, 6.45) is -4.35. The smallest absolute Gasteiger partial charge is 0.126 e. The molecule has 0 heterocycles. The van der Waals surface area contributed by atoms with E-state index in [1.807, 2.05) is 0 Å². The van der Waals surface area contributed by atoms with Gasteiger partial charge in [0, 0.05) is 32.0 Å². The Kier molecular flexibility index (Phi) is 12.1. The maximum absolute atomic E-state index is 11.2. The molecule has 5 N–H and O–H groups in total. The highest BCUT2D eigenvalue weighted by atomic mass is 32.2. The Labute approximate surface area is 275 Å². The minimum Gasteiger partial charge on any atom is -0.507 e. The highest BCUT2D eigenvalue weighted by Crippen LogP contribution is 2.51. The van der Waals surface area contributed by atoms with Gasteiger partial charge in [-0.15, -0.1) is 23.5 Å². The Morgan fingerprint density at radius 1 is 0.591 bits per heavy atom. The molecule has 0 aliphatic rings. The molecule has 0 spiro atoms. The summed E-state index contributed by atoms with van der Waals surface area (Å²) in [7, 11) is 0. The Balaban J connectivity index is 2.58. The maximum Gasteiger partial charge on any atom is 0.126 e. The van der Waals surface area contributed by atoms with E-state index in [1.54, 1.807) is 23.5 Å². The summed E-state index contributed by atoms with van der Waals surface area (Å²) in [4.78, 5) is 2.20. The molecule has 0 radical (unpaired) electrons. The van der Waals surface area contributed by atoms with Crippen LogP contribution >= 0.6 is 23.5 Å². The van der Waals surface area contributed by atoms with Crippen LogP contribution in [-0.4, -0.2) is 61.1 Å². The SMILES string of the molecule is CC(C)(Sc1cc(C(C)(C)C)c(O)c(C(C)(C)C)c1)Sc1cc(C(C)(C)C)c(OC[C@@H](O)[C@@H](O)[C@H](O)CO)c(C(C)(C)C)c1.